The third kappa shape index (κ3) is 5.92. The molecule has 0 radical (unpaired) electrons. The van der Waals surface area contributed by atoms with Crippen LogP contribution in [0.15, 0.2) is 48.5 Å². The first-order valence-electron chi connectivity index (χ1n) is 9.70. The molecule has 154 valence electrons. The predicted octanol–water partition coefficient (Wildman–Crippen LogP) is 3.48. The number of nitrogens with one attached hydrogen (secondary N) is 1. The summed E-state index contributed by atoms with van der Waals surface area (Å²) in [5.74, 6) is 1.36. The lowest BCUT2D eigenvalue weighted by Gasteiger charge is -2.32. The zero-order valence-corrected chi connectivity index (χ0v) is 16.4. The van der Waals surface area contributed by atoms with Crippen molar-refractivity contribution in [3.63, 3.8) is 0 Å². The van der Waals surface area contributed by atoms with Gasteiger partial charge in [-0.3, -0.25) is 19.8 Å². The van der Waals surface area contributed by atoms with Crippen molar-refractivity contribution in [1.29, 1.82) is 0 Å². The number of hydrogen-bond acceptors (Lipinski definition) is 6. The number of non-ortho nitro benzene ring substituents is 1. The number of benzene rings is 2. The third-order valence-electron chi connectivity index (χ3n) is 4.71. The van der Waals surface area contributed by atoms with E-state index in [2.05, 4.69) is 10.2 Å². The lowest BCUT2D eigenvalue weighted by molar-refractivity contribution is -0.384. The van der Waals surface area contributed by atoms with Gasteiger partial charge >= 0.3 is 0 Å². The van der Waals surface area contributed by atoms with Crippen LogP contribution in [0.1, 0.15) is 19.8 Å². The molecule has 1 amide bonds. The molecule has 1 saturated heterocycles. The van der Waals surface area contributed by atoms with Crippen molar-refractivity contribution >= 4 is 17.3 Å². The molecule has 1 aliphatic rings. The molecule has 0 aromatic heterocycles. The number of likely N-dealkylation sites (tertiary alicyclic amines) is 1. The van der Waals surface area contributed by atoms with Gasteiger partial charge in [-0.25, -0.2) is 0 Å². The van der Waals surface area contributed by atoms with Gasteiger partial charge in [-0.15, -0.1) is 0 Å². The second-order valence-corrected chi connectivity index (χ2v) is 6.83. The van der Waals surface area contributed by atoms with E-state index in [0.717, 1.165) is 37.4 Å². The molecule has 1 heterocycles. The van der Waals surface area contributed by atoms with Crippen LogP contribution in [-0.2, 0) is 4.79 Å². The van der Waals surface area contributed by atoms with Crippen molar-refractivity contribution in [2.24, 2.45) is 0 Å². The molecule has 0 atom stereocenters. The molecule has 8 nitrogen and oxygen atoms in total. The van der Waals surface area contributed by atoms with E-state index in [1.807, 2.05) is 31.2 Å². The Morgan fingerprint density at radius 1 is 1.14 bits per heavy atom. The SMILES string of the molecule is CCOc1ccccc1OC1CCN(CC(=O)Nc2ccc([N+](=O)[O-])cc2)CC1. The van der Waals surface area contributed by atoms with Crippen LogP contribution >= 0.6 is 0 Å². The van der Waals surface area contributed by atoms with Crippen molar-refractivity contribution in [3.05, 3.63) is 58.6 Å². The fourth-order valence-corrected chi connectivity index (χ4v) is 3.26. The molecule has 0 unspecified atom stereocenters. The molecule has 0 spiro atoms. The molecule has 29 heavy (non-hydrogen) atoms. The van der Waals surface area contributed by atoms with Gasteiger partial charge in [-0.2, -0.15) is 0 Å². The van der Waals surface area contributed by atoms with Gasteiger partial charge < -0.3 is 14.8 Å². The van der Waals surface area contributed by atoms with E-state index in [0.29, 0.717) is 12.3 Å². The van der Waals surface area contributed by atoms with Crippen molar-refractivity contribution in [2.45, 2.75) is 25.9 Å². The highest BCUT2D eigenvalue weighted by Crippen LogP contribution is 2.29. The van der Waals surface area contributed by atoms with Crippen LogP contribution in [0, 0.1) is 10.1 Å². The first-order valence-corrected chi connectivity index (χ1v) is 9.70. The summed E-state index contributed by atoms with van der Waals surface area (Å²) in [5.41, 5.74) is 0.544. The number of hydrogen-bond donors (Lipinski definition) is 1. The van der Waals surface area contributed by atoms with Crippen molar-refractivity contribution in [3.8, 4) is 11.5 Å². The molecule has 1 aliphatic heterocycles. The highest BCUT2D eigenvalue weighted by atomic mass is 16.6. The number of nitro groups is 1. The zero-order chi connectivity index (χ0) is 20.6. The summed E-state index contributed by atoms with van der Waals surface area (Å²) in [7, 11) is 0. The number of nitro benzene ring substituents is 1. The molecule has 2 aromatic carbocycles. The van der Waals surface area contributed by atoms with Crippen LogP contribution in [0.4, 0.5) is 11.4 Å². The largest absolute Gasteiger partial charge is 0.490 e. The van der Waals surface area contributed by atoms with Crippen molar-refractivity contribution in [1.82, 2.24) is 4.90 Å². The Kier molecular flexibility index (Phi) is 7.02. The van der Waals surface area contributed by atoms with Crippen LogP contribution in [0.5, 0.6) is 11.5 Å². The number of anilines is 1. The lowest BCUT2D eigenvalue weighted by Crippen LogP contribution is -2.42. The number of ether oxygens (including phenoxy) is 2. The summed E-state index contributed by atoms with van der Waals surface area (Å²) < 4.78 is 11.7. The highest BCUT2D eigenvalue weighted by molar-refractivity contribution is 5.92. The first-order chi connectivity index (χ1) is 14.0. The minimum atomic E-state index is -0.468. The number of carbonyl (C=O) groups excluding carboxylic acids is 1. The van der Waals surface area contributed by atoms with E-state index in [1.54, 1.807) is 0 Å². The van der Waals surface area contributed by atoms with Crippen LogP contribution in [-0.4, -0.2) is 48.1 Å². The normalized spacial score (nSPS) is 14.9. The van der Waals surface area contributed by atoms with Gasteiger partial charge in [0.15, 0.2) is 11.5 Å². The van der Waals surface area contributed by atoms with E-state index in [1.165, 1.54) is 24.3 Å². The van der Waals surface area contributed by atoms with E-state index < -0.39 is 4.92 Å². The topological polar surface area (TPSA) is 93.9 Å². The standard InChI is InChI=1S/C21H25N3O5/c1-2-28-19-5-3-4-6-20(19)29-18-11-13-23(14-12-18)15-21(25)22-16-7-9-17(10-8-16)24(26)27/h3-10,18H,2,11-15H2,1H3,(H,22,25). The minimum Gasteiger partial charge on any atom is -0.490 e. The van der Waals surface area contributed by atoms with E-state index >= 15 is 0 Å². The monoisotopic (exact) mass is 399 g/mol. The summed E-state index contributed by atoms with van der Waals surface area (Å²) in [6.07, 6.45) is 1.74. The van der Waals surface area contributed by atoms with E-state index in [-0.39, 0.29) is 24.2 Å². The maximum absolute atomic E-state index is 12.3. The summed E-state index contributed by atoms with van der Waals surface area (Å²) in [5, 5.41) is 13.5. The van der Waals surface area contributed by atoms with Gasteiger partial charge in [0.25, 0.3) is 5.69 Å². The third-order valence-corrected chi connectivity index (χ3v) is 4.71. The minimum absolute atomic E-state index is 0.00372. The molecule has 2 aromatic rings. The summed E-state index contributed by atoms with van der Waals surface area (Å²) in [6.45, 7) is 4.32. The van der Waals surface area contributed by atoms with Gasteiger partial charge in [0.05, 0.1) is 18.1 Å². The Bertz CT molecular complexity index is 832. The van der Waals surface area contributed by atoms with Crippen LogP contribution < -0.4 is 14.8 Å². The maximum atomic E-state index is 12.3. The lowest BCUT2D eigenvalue weighted by atomic mass is 10.1. The van der Waals surface area contributed by atoms with Gasteiger partial charge in [-0.1, -0.05) is 12.1 Å². The Labute approximate surface area is 169 Å². The first kappa shape index (κ1) is 20.6. The number of piperidine rings is 1. The van der Waals surface area contributed by atoms with Crippen LogP contribution in [0.3, 0.4) is 0 Å². The Morgan fingerprint density at radius 2 is 1.79 bits per heavy atom. The average Bonchev–Trinajstić information content (AvgIpc) is 2.71. The molecule has 0 saturated carbocycles. The fourth-order valence-electron chi connectivity index (χ4n) is 3.26. The van der Waals surface area contributed by atoms with Crippen molar-refractivity contribution in [2.75, 3.05) is 31.6 Å². The number of nitrogens with zero attached hydrogens (tertiary/aromatic N) is 2. The Morgan fingerprint density at radius 3 is 2.41 bits per heavy atom. The molecule has 3 rings (SSSR count). The maximum Gasteiger partial charge on any atom is 0.269 e. The van der Waals surface area contributed by atoms with E-state index in [4.69, 9.17) is 9.47 Å². The van der Waals surface area contributed by atoms with Crippen LogP contribution in [0.2, 0.25) is 0 Å². The second kappa shape index (κ2) is 9.88. The quantitative estimate of drug-likeness (QED) is 0.540. The number of rotatable bonds is 8. The van der Waals surface area contributed by atoms with Crippen molar-refractivity contribution < 1.29 is 19.2 Å². The van der Waals surface area contributed by atoms with Gasteiger partial charge in [0.2, 0.25) is 5.91 Å². The van der Waals surface area contributed by atoms with E-state index in [9.17, 15) is 14.9 Å². The summed E-state index contributed by atoms with van der Waals surface area (Å²) in [4.78, 5) is 24.5. The molecule has 8 heteroatoms. The zero-order valence-electron chi connectivity index (χ0n) is 16.4. The number of amides is 1. The molecular weight excluding hydrogens is 374 g/mol. The van der Waals surface area contributed by atoms with Gasteiger partial charge in [0, 0.05) is 30.9 Å². The number of para-hydroxylation sites is 2. The molecule has 1 fully saturated rings. The molecule has 1 N–H and O–H groups in total. The van der Waals surface area contributed by atoms with Crippen LogP contribution in [0.25, 0.3) is 0 Å². The summed E-state index contributed by atoms with van der Waals surface area (Å²) in [6, 6.07) is 13.5. The number of carbonyl (C=O) groups is 1. The average molecular weight is 399 g/mol. The van der Waals surface area contributed by atoms with Gasteiger partial charge in [-0.05, 0) is 44.0 Å². The molecule has 0 aliphatic carbocycles. The Balaban J connectivity index is 1.45. The van der Waals surface area contributed by atoms with Gasteiger partial charge in [0.1, 0.15) is 6.10 Å². The molecular formula is C21H25N3O5. The second-order valence-electron chi connectivity index (χ2n) is 6.83. The fraction of sp³-hybridized carbons (Fsp3) is 0.381. The predicted molar refractivity (Wildman–Crippen MR) is 109 cm³/mol. The smallest absolute Gasteiger partial charge is 0.269 e. The summed E-state index contributed by atoms with van der Waals surface area (Å²) >= 11 is 0. The highest BCUT2D eigenvalue weighted by Gasteiger charge is 2.23. The molecule has 0 bridgehead atoms. The Hall–Kier alpha value is -3.13.